The molecule has 5 nitrogen and oxygen atoms in total. The van der Waals surface area contributed by atoms with Crippen molar-refractivity contribution >= 4 is 33.3 Å². The van der Waals surface area contributed by atoms with Gasteiger partial charge in [-0.25, -0.2) is 9.97 Å². The molecular formula is C13H15BrClN5. The van der Waals surface area contributed by atoms with E-state index in [0.717, 1.165) is 35.5 Å². The van der Waals surface area contributed by atoms with Crippen LogP contribution in [0.1, 0.15) is 31.0 Å². The van der Waals surface area contributed by atoms with Crippen molar-refractivity contribution in [2.45, 2.75) is 25.2 Å². The van der Waals surface area contributed by atoms with Crippen LogP contribution in [0.15, 0.2) is 23.1 Å². The van der Waals surface area contributed by atoms with Gasteiger partial charge < -0.3 is 5.32 Å². The minimum Gasteiger partial charge on any atom is -0.370 e. The van der Waals surface area contributed by atoms with Crippen molar-refractivity contribution < 1.29 is 0 Å². The SMILES string of the molecule is Clc1cc(NCC2CCC(c3ncn[nH]3)C2)ncc1Br. The van der Waals surface area contributed by atoms with Crippen molar-refractivity contribution in [3.05, 3.63) is 33.9 Å². The Kier molecular flexibility index (Phi) is 4.21. The Morgan fingerprint density at radius 2 is 2.30 bits per heavy atom. The zero-order valence-corrected chi connectivity index (χ0v) is 13.2. The predicted molar refractivity (Wildman–Crippen MR) is 81.9 cm³/mol. The maximum atomic E-state index is 6.05. The zero-order chi connectivity index (χ0) is 13.9. The van der Waals surface area contributed by atoms with Gasteiger partial charge >= 0.3 is 0 Å². The molecule has 0 radical (unpaired) electrons. The second-order valence-electron chi connectivity index (χ2n) is 5.11. The van der Waals surface area contributed by atoms with Crippen LogP contribution in [0.3, 0.4) is 0 Å². The molecule has 20 heavy (non-hydrogen) atoms. The van der Waals surface area contributed by atoms with E-state index in [0.29, 0.717) is 16.9 Å². The Morgan fingerprint density at radius 3 is 3.05 bits per heavy atom. The summed E-state index contributed by atoms with van der Waals surface area (Å²) < 4.78 is 0.816. The van der Waals surface area contributed by atoms with Crippen molar-refractivity contribution in [1.82, 2.24) is 20.2 Å². The average Bonchev–Trinajstić information content (AvgIpc) is 3.09. The fourth-order valence-electron chi connectivity index (χ4n) is 2.68. The second-order valence-corrected chi connectivity index (χ2v) is 6.37. The Balaban J connectivity index is 1.53. The van der Waals surface area contributed by atoms with E-state index in [1.165, 1.54) is 6.42 Å². The highest BCUT2D eigenvalue weighted by Gasteiger charge is 2.27. The highest BCUT2D eigenvalue weighted by molar-refractivity contribution is 9.10. The van der Waals surface area contributed by atoms with Gasteiger partial charge in [0.1, 0.15) is 18.0 Å². The highest BCUT2D eigenvalue weighted by Crippen LogP contribution is 2.36. The molecule has 7 heteroatoms. The van der Waals surface area contributed by atoms with E-state index < -0.39 is 0 Å². The number of pyridine rings is 1. The number of H-pyrrole nitrogens is 1. The predicted octanol–water partition coefficient (Wildman–Crippen LogP) is 3.61. The molecule has 2 atom stereocenters. The van der Waals surface area contributed by atoms with Crippen molar-refractivity contribution in [3.8, 4) is 0 Å². The van der Waals surface area contributed by atoms with Gasteiger partial charge in [-0.15, -0.1) is 0 Å². The van der Waals surface area contributed by atoms with E-state index in [2.05, 4.69) is 41.4 Å². The molecule has 0 aromatic carbocycles. The normalized spacial score (nSPS) is 22.1. The number of hydrogen-bond donors (Lipinski definition) is 2. The summed E-state index contributed by atoms with van der Waals surface area (Å²) in [7, 11) is 0. The zero-order valence-electron chi connectivity index (χ0n) is 10.8. The van der Waals surface area contributed by atoms with E-state index in [9.17, 15) is 0 Å². The van der Waals surface area contributed by atoms with Crippen molar-refractivity contribution in [3.63, 3.8) is 0 Å². The molecule has 1 fully saturated rings. The Labute approximate surface area is 130 Å². The van der Waals surface area contributed by atoms with Crippen LogP contribution in [-0.2, 0) is 0 Å². The molecule has 2 aromatic rings. The molecule has 3 rings (SSSR count). The molecule has 0 spiro atoms. The first-order valence-corrected chi connectivity index (χ1v) is 7.79. The fourth-order valence-corrected chi connectivity index (χ4v) is 3.05. The summed E-state index contributed by atoms with van der Waals surface area (Å²) in [5.74, 6) is 2.97. The Hall–Kier alpha value is -1.14. The number of aromatic nitrogens is 4. The largest absolute Gasteiger partial charge is 0.370 e. The molecule has 1 aliphatic carbocycles. The molecule has 2 unspecified atom stereocenters. The fraction of sp³-hybridized carbons (Fsp3) is 0.462. The monoisotopic (exact) mass is 355 g/mol. The number of nitrogens with one attached hydrogen (secondary N) is 2. The third kappa shape index (κ3) is 3.12. The first-order chi connectivity index (χ1) is 9.72. The summed E-state index contributed by atoms with van der Waals surface area (Å²) >= 11 is 9.39. The summed E-state index contributed by atoms with van der Waals surface area (Å²) in [5.41, 5.74) is 0. The minimum atomic E-state index is 0.505. The lowest BCUT2D eigenvalue weighted by Crippen LogP contribution is -2.12. The Bertz CT molecular complexity index is 574. The van der Waals surface area contributed by atoms with E-state index in [4.69, 9.17) is 11.6 Å². The third-order valence-electron chi connectivity index (χ3n) is 3.74. The summed E-state index contributed by atoms with van der Waals surface area (Å²) in [4.78, 5) is 8.55. The maximum Gasteiger partial charge on any atom is 0.137 e. The first-order valence-electron chi connectivity index (χ1n) is 6.62. The molecule has 106 valence electrons. The van der Waals surface area contributed by atoms with E-state index >= 15 is 0 Å². The van der Waals surface area contributed by atoms with Crippen LogP contribution in [0.25, 0.3) is 0 Å². The summed E-state index contributed by atoms with van der Waals surface area (Å²) in [6, 6.07) is 1.84. The maximum absolute atomic E-state index is 6.05. The number of hydrogen-bond acceptors (Lipinski definition) is 4. The summed E-state index contributed by atoms with van der Waals surface area (Å²) in [6.45, 7) is 0.912. The molecule has 0 aliphatic heterocycles. The van der Waals surface area contributed by atoms with Crippen LogP contribution >= 0.6 is 27.5 Å². The summed E-state index contributed by atoms with van der Waals surface area (Å²) in [5, 5.41) is 10.9. The van der Waals surface area contributed by atoms with Gasteiger partial charge in [0, 0.05) is 24.7 Å². The first kappa shape index (κ1) is 13.8. The molecule has 0 saturated heterocycles. The van der Waals surface area contributed by atoms with Crippen molar-refractivity contribution in [1.29, 1.82) is 0 Å². The molecule has 0 amide bonds. The highest BCUT2D eigenvalue weighted by atomic mass is 79.9. The number of halogens is 2. The minimum absolute atomic E-state index is 0.505. The van der Waals surface area contributed by atoms with Crippen LogP contribution in [0.5, 0.6) is 0 Å². The van der Waals surface area contributed by atoms with Gasteiger partial charge in [-0.1, -0.05) is 11.6 Å². The van der Waals surface area contributed by atoms with Crippen LogP contribution in [0.4, 0.5) is 5.82 Å². The quantitative estimate of drug-likeness (QED) is 0.878. The average molecular weight is 357 g/mol. The van der Waals surface area contributed by atoms with E-state index in [-0.39, 0.29) is 0 Å². The van der Waals surface area contributed by atoms with Gasteiger partial charge in [0.15, 0.2) is 0 Å². The van der Waals surface area contributed by atoms with Crippen LogP contribution in [0.2, 0.25) is 5.02 Å². The van der Waals surface area contributed by atoms with E-state index in [1.807, 2.05) is 6.07 Å². The molecule has 1 saturated carbocycles. The molecular weight excluding hydrogens is 342 g/mol. The van der Waals surface area contributed by atoms with Gasteiger partial charge in [-0.05, 0) is 41.1 Å². The molecule has 2 aromatic heterocycles. The van der Waals surface area contributed by atoms with Gasteiger partial charge in [-0.3, -0.25) is 5.10 Å². The van der Waals surface area contributed by atoms with Crippen molar-refractivity contribution in [2.75, 3.05) is 11.9 Å². The van der Waals surface area contributed by atoms with Crippen LogP contribution < -0.4 is 5.32 Å². The van der Waals surface area contributed by atoms with Crippen molar-refractivity contribution in [2.24, 2.45) is 5.92 Å². The Morgan fingerprint density at radius 1 is 1.40 bits per heavy atom. The number of rotatable bonds is 4. The lowest BCUT2D eigenvalue weighted by Gasteiger charge is -2.12. The molecule has 0 bridgehead atoms. The smallest absolute Gasteiger partial charge is 0.137 e. The molecule has 2 N–H and O–H groups in total. The number of nitrogens with zero attached hydrogens (tertiary/aromatic N) is 3. The lowest BCUT2D eigenvalue weighted by atomic mass is 10.0. The number of aromatic amines is 1. The standard InChI is InChI=1S/C13H15BrClN5/c14-10-6-17-12(4-11(10)15)16-5-8-1-2-9(3-8)13-18-7-19-20-13/h4,6-9H,1-3,5H2,(H,16,17)(H,18,19,20). The van der Waals surface area contributed by atoms with Crippen LogP contribution in [0, 0.1) is 5.92 Å². The topological polar surface area (TPSA) is 66.5 Å². The molecule has 1 aliphatic rings. The molecule has 2 heterocycles. The third-order valence-corrected chi connectivity index (χ3v) is 4.91. The number of anilines is 1. The van der Waals surface area contributed by atoms with Gasteiger partial charge in [0.2, 0.25) is 0 Å². The van der Waals surface area contributed by atoms with E-state index in [1.54, 1.807) is 12.5 Å². The van der Waals surface area contributed by atoms with Gasteiger partial charge in [0.05, 0.1) is 9.50 Å². The van der Waals surface area contributed by atoms with Gasteiger partial charge in [0.25, 0.3) is 0 Å². The van der Waals surface area contributed by atoms with Crippen LogP contribution in [-0.4, -0.2) is 26.7 Å². The summed E-state index contributed by atoms with van der Waals surface area (Å²) in [6.07, 6.45) is 6.79. The lowest BCUT2D eigenvalue weighted by molar-refractivity contribution is 0.559. The second kappa shape index (κ2) is 6.10. The van der Waals surface area contributed by atoms with Gasteiger partial charge in [-0.2, -0.15) is 5.10 Å².